The number of carbonyl (C=O) groups excluding carboxylic acids is 2. The number of pyridine rings is 1. The number of fused-ring (bicyclic) bond motifs is 1. The van der Waals surface area contributed by atoms with Gasteiger partial charge in [0.1, 0.15) is 6.29 Å². The molecule has 0 aliphatic carbocycles. The molecule has 170 valence electrons. The van der Waals surface area contributed by atoms with Crippen LogP contribution in [0.15, 0.2) is 109 Å². The Hall–Kier alpha value is -4.61. The van der Waals surface area contributed by atoms with E-state index in [4.69, 9.17) is 9.82 Å². The number of hydrogen-bond acceptors (Lipinski definition) is 4. The lowest BCUT2D eigenvalue weighted by atomic mass is 10.00. The predicted molar refractivity (Wildman–Crippen MR) is 137 cm³/mol. The number of aromatic nitrogens is 1. The van der Waals surface area contributed by atoms with E-state index in [0.29, 0.717) is 16.8 Å². The van der Waals surface area contributed by atoms with E-state index in [9.17, 15) is 9.59 Å². The van der Waals surface area contributed by atoms with Crippen molar-refractivity contribution in [2.45, 2.75) is 6.61 Å². The minimum atomic E-state index is -0.326. The second kappa shape index (κ2) is 10.1. The molecule has 0 bridgehead atoms. The van der Waals surface area contributed by atoms with Gasteiger partial charge >= 0.3 is 0 Å². The molecular weight excluding hydrogens is 436 g/mol. The topological polar surface area (TPSA) is 68.3 Å². The molecule has 5 nitrogen and oxygen atoms in total. The summed E-state index contributed by atoms with van der Waals surface area (Å²) in [5, 5.41) is 0.754. The minimum absolute atomic E-state index is 0.276. The van der Waals surface area contributed by atoms with Crippen molar-refractivity contribution < 1.29 is 14.4 Å². The lowest BCUT2D eigenvalue weighted by Crippen LogP contribution is -2.24. The van der Waals surface area contributed by atoms with Gasteiger partial charge in [0, 0.05) is 16.5 Å². The first-order chi connectivity index (χ1) is 17.2. The van der Waals surface area contributed by atoms with Gasteiger partial charge in [-0.25, -0.2) is 10.5 Å². The molecule has 1 amide bonds. The maximum absolute atomic E-state index is 13.0. The third kappa shape index (κ3) is 5.00. The number of nitrogens with zero attached hydrogens (tertiary/aromatic N) is 1. The van der Waals surface area contributed by atoms with Gasteiger partial charge in [-0.05, 0) is 28.8 Å². The van der Waals surface area contributed by atoms with Gasteiger partial charge in [0.25, 0.3) is 5.91 Å². The van der Waals surface area contributed by atoms with Gasteiger partial charge in [0.15, 0.2) is 0 Å². The van der Waals surface area contributed by atoms with Gasteiger partial charge in [-0.3, -0.25) is 14.4 Å². The van der Waals surface area contributed by atoms with Gasteiger partial charge in [0.05, 0.1) is 23.4 Å². The van der Waals surface area contributed by atoms with Crippen molar-refractivity contribution in [3.63, 3.8) is 0 Å². The fourth-order valence-corrected chi connectivity index (χ4v) is 3.91. The summed E-state index contributed by atoms with van der Waals surface area (Å²) in [4.78, 5) is 34.2. The first-order valence-corrected chi connectivity index (χ1v) is 11.2. The smallest absolute Gasteiger partial charge is 0.275 e. The molecule has 0 aliphatic rings. The number of rotatable bonds is 7. The lowest BCUT2D eigenvalue weighted by molar-refractivity contribution is 0.0235. The summed E-state index contributed by atoms with van der Waals surface area (Å²) in [6.45, 7) is 0.276. The SMILES string of the molecule is O=Cc1ccc(-c2ccc(-c3cc(C(=O)NOCc4ccccc4)c4ccccc4n3)cc2)cc1. The van der Waals surface area contributed by atoms with Crippen LogP contribution in [0.5, 0.6) is 0 Å². The van der Waals surface area contributed by atoms with E-state index in [-0.39, 0.29) is 12.5 Å². The van der Waals surface area contributed by atoms with Crippen LogP contribution in [-0.4, -0.2) is 17.2 Å². The predicted octanol–water partition coefficient (Wildman–Crippen LogP) is 6.24. The van der Waals surface area contributed by atoms with Crippen LogP contribution in [0.1, 0.15) is 26.3 Å². The van der Waals surface area contributed by atoms with Crippen LogP contribution in [0.4, 0.5) is 0 Å². The fourth-order valence-electron chi connectivity index (χ4n) is 3.91. The van der Waals surface area contributed by atoms with Crippen LogP contribution >= 0.6 is 0 Å². The normalized spacial score (nSPS) is 10.7. The van der Waals surface area contributed by atoms with Crippen molar-refractivity contribution in [3.05, 3.63) is 126 Å². The van der Waals surface area contributed by atoms with Gasteiger partial charge in [-0.2, -0.15) is 0 Å². The number of para-hydroxylation sites is 1. The second-order valence-electron chi connectivity index (χ2n) is 8.09. The molecular formula is C30H22N2O3. The Labute approximate surface area is 203 Å². The zero-order valence-corrected chi connectivity index (χ0v) is 18.8. The molecule has 0 atom stereocenters. The largest absolute Gasteiger partial charge is 0.298 e. The maximum atomic E-state index is 13.0. The van der Waals surface area contributed by atoms with Crippen LogP contribution in [0, 0.1) is 0 Å². The third-order valence-corrected chi connectivity index (χ3v) is 5.77. The summed E-state index contributed by atoms with van der Waals surface area (Å²) in [5.74, 6) is -0.326. The standard InChI is InChI=1S/C30H22N2O3/c33-19-21-10-12-23(13-11-21)24-14-16-25(17-15-24)29-18-27(26-8-4-5-9-28(26)31-29)30(34)32-35-20-22-6-2-1-3-7-22/h1-19H,20H2,(H,32,34). The van der Waals surface area contributed by atoms with Crippen LogP contribution in [0.2, 0.25) is 0 Å². The number of nitrogens with one attached hydrogen (secondary N) is 1. The average Bonchev–Trinajstić information content (AvgIpc) is 2.93. The van der Waals surface area contributed by atoms with E-state index in [1.165, 1.54) is 0 Å². The molecule has 5 rings (SSSR count). The van der Waals surface area contributed by atoms with E-state index in [0.717, 1.165) is 39.4 Å². The van der Waals surface area contributed by atoms with Crippen molar-refractivity contribution in [3.8, 4) is 22.4 Å². The van der Waals surface area contributed by atoms with Crippen molar-refractivity contribution >= 4 is 23.1 Å². The van der Waals surface area contributed by atoms with Gasteiger partial charge in [-0.15, -0.1) is 0 Å². The average molecular weight is 459 g/mol. The molecule has 1 heterocycles. The first kappa shape index (κ1) is 22.2. The molecule has 4 aromatic carbocycles. The van der Waals surface area contributed by atoms with Gasteiger partial charge < -0.3 is 0 Å². The Kier molecular flexibility index (Phi) is 6.42. The summed E-state index contributed by atoms with van der Waals surface area (Å²) in [6, 6.07) is 34.4. The molecule has 1 aromatic heterocycles. The number of aldehydes is 1. The Balaban J connectivity index is 1.41. The van der Waals surface area contributed by atoms with E-state index in [1.54, 1.807) is 18.2 Å². The number of carbonyl (C=O) groups is 2. The van der Waals surface area contributed by atoms with Crippen molar-refractivity contribution in [1.82, 2.24) is 10.5 Å². The minimum Gasteiger partial charge on any atom is -0.298 e. The molecule has 0 spiro atoms. The summed E-state index contributed by atoms with van der Waals surface area (Å²) in [6.07, 6.45) is 0.832. The maximum Gasteiger partial charge on any atom is 0.275 e. The third-order valence-electron chi connectivity index (χ3n) is 5.77. The molecule has 0 aliphatic heterocycles. The van der Waals surface area contributed by atoms with Crippen LogP contribution < -0.4 is 5.48 Å². The summed E-state index contributed by atoms with van der Waals surface area (Å²) >= 11 is 0. The molecule has 0 unspecified atom stereocenters. The molecule has 0 fully saturated rings. The fraction of sp³-hybridized carbons (Fsp3) is 0.0333. The molecule has 5 aromatic rings. The zero-order chi connectivity index (χ0) is 24.0. The van der Waals surface area contributed by atoms with Crippen LogP contribution in [0.25, 0.3) is 33.3 Å². The Morgan fingerprint density at radius 3 is 2.11 bits per heavy atom. The highest BCUT2D eigenvalue weighted by molar-refractivity contribution is 6.06. The molecule has 0 saturated carbocycles. The van der Waals surface area contributed by atoms with Gasteiger partial charge in [-0.1, -0.05) is 97.1 Å². The van der Waals surface area contributed by atoms with E-state index >= 15 is 0 Å². The number of amides is 1. The van der Waals surface area contributed by atoms with Crippen molar-refractivity contribution in [1.29, 1.82) is 0 Å². The number of hydroxylamine groups is 1. The van der Waals surface area contributed by atoms with Gasteiger partial charge in [0.2, 0.25) is 0 Å². The summed E-state index contributed by atoms with van der Waals surface area (Å²) < 4.78 is 0. The highest BCUT2D eigenvalue weighted by Crippen LogP contribution is 2.27. The summed E-state index contributed by atoms with van der Waals surface area (Å²) in [7, 11) is 0. The highest BCUT2D eigenvalue weighted by Gasteiger charge is 2.14. The lowest BCUT2D eigenvalue weighted by Gasteiger charge is -2.11. The first-order valence-electron chi connectivity index (χ1n) is 11.2. The number of benzene rings is 4. The second-order valence-corrected chi connectivity index (χ2v) is 8.09. The van der Waals surface area contributed by atoms with Crippen molar-refractivity contribution in [2.24, 2.45) is 0 Å². The monoisotopic (exact) mass is 458 g/mol. The van der Waals surface area contributed by atoms with E-state index in [2.05, 4.69) is 5.48 Å². The van der Waals surface area contributed by atoms with Crippen LogP contribution in [-0.2, 0) is 11.4 Å². The molecule has 35 heavy (non-hydrogen) atoms. The zero-order valence-electron chi connectivity index (χ0n) is 18.8. The molecule has 1 N–H and O–H groups in total. The molecule has 5 heteroatoms. The Bertz CT molecular complexity index is 1480. The quantitative estimate of drug-likeness (QED) is 0.231. The van der Waals surface area contributed by atoms with E-state index in [1.807, 2.05) is 91.0 Å². The number of hydrogen-bond donors (Lipinski definition) is 1. The summed E-state index contributed by atoms with van der Waals surface area (Å²) in [5.41, 5.74) is 9.03. The highest BCUT2D eigenvalue weighted by atomic mass is 16.6. The van der Waals surface area contributed by atoms with Crippen LogP contribution in [0.3, 0.4) is 0 Å². The van der Waals surface area contributed by atoms with Crippen molar-refractivity contribution in [2.75, 3.05) is 0 Å². The molecule has 0 radical (unpaired) electrons. The Morgan fingerprint density at radius 2 is 1.40 bits per heavy atom. The van der Waals surface area contributed by atoms with E-state index < -0.39 is 0 Å². The Morgan fingerprint density at radius 1 is 0.771 bits per heavy atom. The molecule has 0 saturated heterocycles.